The highest BCUT2D eigenvalue weighted by Gasteiger charge is 2.05. The summed E-state index contributed by atoms with van der Waals surface area (Å²) in [6.45, 7) is 1.37. The molecule has 0 atom stereocenters. The van der Waals surface area contributed by atoms with Gasteiger partial charge in [-0.3, -0.25) is 0 Å². The predicted molar refractivity (Wildman–Crippen MR) is 76.1 cm³/mol. The second-order valence-corrected chi connectivity index (χ2v) is 6.02. The van der Waals surface area contributed by atoms with Gasteiger partial charge in [-0.2, -0.15) is 0 Å². The van der Waals surface area contributed by atoms with Crippen LogP contribution in [-0.4, -0.2) is 6.54 Å². The molecule has 1 nitrogen and oxygen atoms in total. The lowest BCUT2D eigenvalue weighted by molar-refractivity contribution is 0.621. The number of halogens is 3. The van der Waals surface area contributed by atoms with Crippen molar-refractivity contribution in [3.05, 3.63) is 55.9 Å². The summed E-state index contributed by atoms with van der Waals surface area (Å²) < 4.78 is 14.0. The maximum Gasteiger partial charge on any atom is 0.142 e. The van der Waals surface area contributed by atoms with Gasteiger partial charge in [0.2, 0.25) is 0 Å². The van der Waals surface area contributed by atoms with Gasteiger partial charge in [0.15, 0.2) is 0 Å². The van der Waals surface area contributed by atoms with Crippen molar-refractivity contribution < 1.29 is 4.39 Å². The van der Waals surface area contributed by atoms with Gasteiger partial charge in [0.05, 0.1) is 9.36 Å². The molecule has 0 saturated carbocycles. The summed E-state index contributed by atoms with van der Waals surface area (Å²) in [6, 6.07) is 8.76. The largest absolute Gasteiger partial charge is 0.312 e. The Morgan fingerprint density at radius 1 is 1.17 bits per heavy atom. The second-order valence-electron chi connectivity index (χ2n) is 3.85. The van der Waals surface area contributed by atoms with Crippen LogP contribution in [0.25, 0.3) is 0 Å². The van der Waals surface area contributed by atoms with Crippen LogP contribution in [0.5, 0.6) is 0 Å². The molecule has 0 aliphatic heterocycles. The highest BCUT2D eigenvalue weighted by molar-refractivity contribution is 7.16. The molecule has 0 aliphatic carbocycles. The minimum atomic E-state index is -0.374. The van der Waals surface area contributed by atoms with E-state index in [1.807, 2.05) is 18.2 Å². The Hall–Kier alpha value is -0.610. The Balaban J connectivity index is 1.80. The van der Waals surface area contributed by atoms with Crippen molar-refractivity contribution in [3.63, 3.8) is 0 Å². The molecule has 0 aliphatic rings. The molecule has 0 unspecified atom stereocenters. The Kier molecular flexibility index (Phi) is 5.01. The monoisotopic (exact) mass is 303 g/mol. The van der Waals surface area contributed by atoms with E-state index in [-0.39, 0.29) is 10.8 Å². The van der Waals surface area contributed by atoms with Gasteiger partial charge in [-0.15, -0.1) is 11.3 Å². The van der Waals surface area contributed by atoms with Crippen molar-refractivity contribution in [2.24, 2.45) is 0 Å². The van der Waals surface area contributed by atoms with Crippen LogP contribution in [0.2, 0.25) is 9.36 Å². The summed E-state index contributed by atoms with van der Waals surface area (Å²) in [4.78, 5) is 1.23. The minimum Gasteiger partial charge on any atom is -0.312 e. The molecule has 0 saturated heterocycles. The standard InChI is InChI=1S/C13H12Cl2FNS/c14-12-5-4-10(18-12)6-7-17-8-9-2-1-3-11(16)13(9)15/h1-5,17H,6-8H2. The molecule has 1 aromatic carbocycles. The fourth-order valence-electron chi connectivity index (χ4n) is 1.61. The SMILES string of the molecule is Fc1cccc(CNCCc2ccc(Cl)s2)c1Cl. The first-order valence-corrected chi connectivity index (χ1v) is 7.12. The molecule has 18 heavy (non-hydrogen) atoms. The van der Waals surface area contributed by atoms with E-state index in [1.54, 1.807) is 17.4 Å². The van der Waals surface area contributed by atoms with Crippen LogP contribution in [-0.2, 0) is 13.0 Å². The zero-order chi connectivity index (χ0) is 13.0. The Morgan fingerprint density at radius 2 is 2.00 bits per heavy atom. The molecular weight excluding hydrogens is 292 g/mol. The Bertz CT molecular complexity index is 527. The van der Waals surface area contributed by atoms with Gasteiger partial charge in [-0.25, -0.2) is 4.39 Å². The second kappa shape index (κ2) is 6.53. The van der Waals surface area contributed by atoms with Crippen molar-refractivity contribution in [1.82, 2.24) is 5.32 Å². The van der Waals surface area contributed by atoms with Crippen LogP contribution in [0.15, 0.2) is 30.3 Å². The molecule has 1 heterocycles. The van der Waals surface area contributed by atoms with Crippen molar-refractivity contribution >= 4 is 34.5 Å². The third-order valence-electron chi connectivity index (χ3n) is 2.52. The van der Waals surface area contributed by atoms with E-state index >= 15 is 0 Å². The predicted octanol–water partition coefficient (Wildman–Crippen LogP) is 4.53. The first-order chi connectivity index (χ1) is 8.66. The number of nitrogens with one attached hydrogen (secondary N) is 1. The van der Waals surface area contributed by atoms with Crippen LogP contribution in [0, 0.1) is 5.82 Å². The van der Waals surface area contributed by atoms with Crippen LogP contribution in [0.1, 0.15) is 10.4 Å². The molecule has 0 fully saturated rings. The number of hydrogen-bond donors (Lipinski definition) is 1. The molecule has 2 rings (SSSR count). The summed E-state index contributed by atoms with van der Waals surface area (Å²) >= 11 is 13.3. The number of rotatable bonds is 5. The summed E-state index contributed by atoms with van der Waals surface area (Å²) in [6.07, 6.45) is 0.907. The van der Waals surface area contributed by atoms with E-state index in [1.165, 1.54) is 10.9 Å². The van der Waals surface area contributed by atoms with Gasteiger partial charge in [0, 0.05) is 18.0 Å². The van der Waals surface area contributed by atoms with Crippen molar-refractivity contribution in [2.75, 3.05) is 6.54 Å². The summed E-state index contributed by atoms with van der Waals surface area (Å²) in [5.74, 6) is -0.374. The summed E-state index contributed by atoms with van der Waals surface area (Å²) in [5.41, 5.74) is 0.779. The number of hydrogen-bond acceptors (Lipinski definition) is 2. The van der Waals surface area contributed by atoms with Crippen molar-refractivity contribution in [3.8, 4) is 0 Å². The lowest BCUT2D eigenvalue weighted by atomic mass is 10.2. The topological polar surface area (TPSA) is 12.0 Å². The molecule has 5 heteroatoms. The Morgan fingerprint density at radius 3 is 2.72 bits per heavy atom. The molecule has 1 aromatic heterocycles. The third-order valence-corrected chi connectivity index (χ3v) is 4.24. The third kappa shape index (κ3) is 3.69. The van der Waals surface area contributed by atoms with Gasteiger partial charge in [0.1, 0.15) is 5.82 Å². The highest BCUT2D eigenvalue weighted by Crippen LogP contribution is 2.22. The molecule has 0 bridgehead atoms. The molecule has 0 spiro atoms. The number of thiophene rings is 1. The van der Waals surface area contributed by atoms with Gasteiger partial charge < -0.3 is 5.32 Å². The van der Waals surface area contributed by atoms with Crippen LogP contribution in [0.3, 0.4) is 0 Å². The van der Waals surface area contributed by atoms with Crippen LogP contribution in [0.4, 0.5) is 4.39 Å². The maximum absolute atomic E-state index is 13.2. The molecule has 1 N–H and O–H groups in total. The fourth-order valence-corrected chi connectivity index (χ4v) is 2.89. The van der Waals surface area contributed by atoms with Crippen molar-refractivity contribution in [2.45, 2.75) is 13.0 Å². The van der Waals surface area contributed by atoms with E-state index in [0.29, 0.717) is 6.54 Å². The first-order valence-electron chi connectivity index (χ1n) is 5.54. The van der Waals surface area contributed by atoms with Crippen LogP contribution >= 0.6 is 34.5 Å². The zero-order valence-corrected chi connectivity index (χ0v) is 11.9. The van der Waals surface area contributed by atoms with Gasteiger partial charge in [0.25, 0.3) is 0 Å². The lowest BCUT2D eigenvalue weighted by Crippen LogP contribution is -2.16. The minimum absolute atomic E-state index is 0.198. The van der Waals surface area contributed by atoms with Gasteiger partial charge in [-0.1, -0.05) is 35.3 Å². The molecule has 0 amide bonds. The smallest absolute Gasteiger partial charge is 0.142 e. The molecule has 2 aromatic rings. The van der Waals surface area contributed by atoms with E-state index in [0.717, 1.165) is 22.9 Å². The summed E-state index contributed by atoms with van der Waals surface area (Å²) in [5, 5.41) is 3.44. The van der Waals surface area contributed by atoms with E-state index in [2.05, 4.69) is 5.32 Å². The zero-order valence-electron chi connectivity index (χ0n) is 9.55. The lowest BCUT2D eigenvalue weighted by Gasteiger charge is -2.06. The van der Waals surface area contributed by atoms with E-state index < -0.39 is 0 Å². The average molecular weight is 304 g/mol. The normalized spacial score (nSPS) is 10.8. The molecular formula is C13H12Cl2FNS. The molecule has 0 radical (unpaired) electrons. The highest BCUT2D eigenvalue weighted by atomic mass is 35.5. The van der Waals surface area contributed by atoms with Crippen LogP contribution < -0.4 is 5.32 Å². The summed E-state index contributed by atoms with van der Waals surface area (Å²) in [7, 11) is 0. The molecule has 96 valence electrons. The van der Waals surface area contributed by atoms with E-state index in [9.17, 15) is 4.39 Å². The number of benzene rings is 1. The first kappa shape index (κ1) is 13.8. The fraction of sp³-hybridized carbons (Fsp3) is 0.231. The van der Waals surface area contributed by atoms with E-state index in [4.69, 9.17) is 23.2 Å². The Labute approximate surface area is 120 Å². The van der Waals surface area contributed by atoms with Crippen molar-refractivity contribution in [1.29, 1.82) is 0 Å². The maximum atomic E-state index is 13.2. The quantitative estimate of drug-likeness (QED) is 0.800. The van der Waals surface area contributed by atoms with Gasteiger partial charge >= 0.3 is 0 Å². The average Bonchev–Trinajstić information content (AvgIpc) is 2.76. The van der Waals surface area contributed by atoms with Gasteiger partial charge in [-0.05, 0) is 30.2 Å².